The molecule has 0 aliphatic carbocycles. The summed E-state index contributed by atoms with van der Waals surface area (Å²) in [5, 5.41) is 3.27. The van der Waals surface area contributed by atoms with E-state index >= 15 is 0 Å². The summed E-state index contributed by atoms with van der Waals surface area (Å²) in [7, 11) is 0. The third kappa shape index (κ3) is 3.52. The molecular weight excluding hydrogens is 344 g/mol. The average molecular weight is 360 g/mol. The molecule has 0 saturated carbocycles. The minimum atomic E-state index is -0.518. The van der Waals surface area contributed by atoms with Crippen LogP contribution in [0, 0.1) is 0 Å². The summed E-state index contributed by atoms with van der Waals surface area (Å²) in [4.78, 5) is 26.0. The number of rotatable bonds is 3. The monoisotopic (exact) mass is 358 g/mol. The van der Waals surface area contributed by atoms with E-state index in [1.54, 1.807) is 30.0 Å². The smallest absolute Gasteiger partial charge is 0.251 e. The molecule has 108 valence electrons. The first-order chi connectivity index (χ1) is 9.49. The van der Waals surface area contributed by atoms with Gasteiger partial charge in [-0.15, -0.1) is 0 Å². The van der Waals surface area contributed by atoms with Crippen LogP contribution in [0.15, 0.2) is 22.7 Å². The maximum absolute atomic E-state index is 12.1. The molecule has 0 spiro atoms. The van der Waals surface area contributed by atoms with Crippen molar-refractivity contribution in [3.8, 4) is 0 Å². The first-order valence-corrected chi connectivity index (χ1v) is 7.71. The van der Waals surface area contributed by atoms with Crippen LogP contribution in [-0.2, 0) is 4.79 Å². The van der Waals surface area contributed by atoms with Crippen molar-refractivity contribution in [2.75, 3.05) is 13.1 Å². The van der Waals surface area contributed by atoms with Gasteiger partial charge >= 0.3 is 0 Å². The molecule has 0 aromatic heterocycles. The Labute approximate surface area is 131 Å². The highest BCUT2D eigenvalue weighted by atomic mass is 79.9. The summed E-state index contributed by atoms with van der Waals surface area (Å²) >= 11 is 9.16. The number of carbonyl (C=O) groups excluding carboxylic acids is 2. The Morgan fingerprint density at radius 1 is 1.35 bits per heavy atom. The molecule has 1 atom stereocenters. The van der Waals surface area contributed by atoms with Gasteiger partial charge in [-0.25, -0.2) is 0 Å². The standard InChI is InChI=1S/C14H16BrClN2O2/c1-9(14(20)18-6-2-3-7-18)17-13(19)10-4-5-12(16)11(15)8-10/h4-5,8-9H,2-3,6-7H2,1H3,(H,17,19). The molecule has 1 fully saturated rings. The lowest BCUT2D eigenvalue weighted by molar-refractivity contribution is -0.131. The average Bonchev–Trinajstić information content (AvgIpc) is 2.94. The van der Waals surface area contributed by atoms with Crippen LogP contribution in [0.1, 0.15) is 30.1 Å². The van der Waals surface area contributed by atoms with E-state index in [-0.39, 0.29) is 11.8 Å². The Morgan fingerprint density at radius 2 is 2.00 bits per heavy atom. The van der Waals surface area contributed by atoms with Crippen LogP contribution in [0.2, 0.25) is 5.02 Å². The molecule has 0 bridgehead atoms. The van der Waals surface area contributed by atoms with Crippen LogP contribution < -0.4 is 5.32 Å². The van der Waals surface area contributed by atoms with Gasteiger partial charge in [0.25, 0.3) is 5.91 Å². The van der Waals surface area contributed by atoms with Crippen LogP contribution in [0.4, 0.5) is 0 Å². The number of hydrogen-bond acceptors (Lipinski definition) is 2. The maximum atomic E-state index is 12.1. The molecule has 6 heteroatoms. The molecule has 2 rings (SSSR count). The zero-order valence-corrected chi connectivity index (χ0v) is 13.5. The molecule has 1 unspecified atom stereocenters. The van der Waals surface area contributed by atoms with E-state index in [0.717, 1.165) is 25.9 Å². The number of halogens is 2. The Hall–Kier alpha value is -1.07. The topological polar surface area (TPSA) is 49.4 Å². The second kappa shape index (κ2) is 6.59. The summed E-state index contributed by atoms with van der Waals surface area (Å²) in [6.07, 6.45) is 2.08. The van der Waals surface area contributed by atoms with Gasteiger partial charge in [0, 0.05) is 23.1 Å². The predicted octanol–water partition coefficient (Wildman–Crippen LogP) is 2.84. The van der Waals surface area contributed by atoms with Gasteiger partial charge in [0.1, 0.15) is 6.04 Å². The highest BCUT2D eigenvalue weighted by molar-refractivity contribution is 9.10. The van der Waals surface area contributed by atoms with Crippen molar-refractivity contribution in [3.05, 3.63) is 33.3 Å². The molecule has 1 N–H and O–H groups in total. The van der Waals surface area contributed by atoms with Crippen molar-refractivity contribution in [2.45, 2.75) is 25.8 Å². The van der Waals surface area contributed by atoms with E-state index < -0.39 is 6.04 Å². The van der Waals surface area contributed by atoms with Crippen LogP contribution in [0.25, 0.3) is 0 Å². The molecule has 4 nitrogen and oxygen atoms in total. The van der Waals surface area contributed by atoms with Gasteiger partial charge in [0.2, 0.25) is 5.91 Å². The summed E-state index contributed by atoms with van der Waals surface area (Å²) in [5.74, 6) is -0.300. The predicted molar refractivity (Wildman–Crippen MR) is 81.9 cm³/mol. The third-order valence-corrected chi connectivity index (χ3v) is 4.53. The van der Waals surface area contributed by atoms with E-state index in [1.165, 1.54) is 0 Å². The Balaban J connectivity index is 1.99. The Morgan fingerprint density at radius 3 is 2.60 bits per heavy atom. The fraction of sp³-hybridized carbons (Fsp3) is 0.429. The normalized spacial score (nSPS) is 16.1. The highest BCUT2D eigenvalue weighted by Gasteiger charge is 2.24. The maximum Gasteiger partial charge on any atom is 0.251 e. The van der Waals surface area contributed by atoms with Crippen molar-refractivity contribution < 1.29 is 9.59 Å². The molecular formula is C14H16BrClN2O2. The van der Waals surface area contributed by atoms with E-state index in [1.807, 2.05) is 0 Å². The van der Waals surface area contributed by atoms with Gasteiger partial charge in [0.05, 0.1) is 5.02 Å². The van der Waals surface area contributed by atoms with Gasteiger partial charge in [-0.05, 0) is 53.9 Å². The summed E-state index contributed by atoms with van der Waals surface area (Å²) in [6, 6.07) is 4.41. The minimum absolute atomic E-state index is 0.0242. The number of likely N-dealkylation sites (tertiary alicyclic amines) is 1. The first kappa shape index (κ1) is 15.3. The number of hydrogen-bond donors (Lipinski definition) is 1. The second-order valence-electron chi connectivity index (χ2n) is 4.86. The van der Waals surface area contributed by atoms with Crippen molar-refractivity contribution in [1.82, 2.24) is 10.2 Å². The van der Waals surface area contributed by atoms with Crippen LogP contribution in [0.3, 0.4) is 0 Å². The van der Waals surface area contributed by atoms with E-state index in [9.17, 15) is 9.59 Å². The van der Waals surface area contributed by atoms with Gasteiger partial charge in [-0.3, -0.25) is 9.59 Å². The zero-order chi connectivity index (χ0) is 14.7. The fourth-order valence-electron chi connectivity index (χ4n) is 2.19. The van der Waals surface area contributed by atoms with Gasteiger partial charge in [0.15, 0.2) is 0 Å². The molecule has 0 radical (unpaired) electrons. The van der Waals surface area contributed by atoms with E-state index in [4.69, 9.17) is 11.6 Å². The largest absolute Gasteiger partial charge is 0.341 e. The molecule has 20 heavy (non-hydrogen) atoms. The van der Waals surface area contributed by atoms with Gasteiger partial charge in [-0.1, -0.05) is 11.6 Å². The number of amides is 2. The Bertz CT molecular complexity index is 530. The van der Waals surface area contributed by atoms with Gasteiger partial charge in [-0.2, -0.15) is 0 Å². The summed E-state index contributed by atoms with van der Waals surface area (Å²) in [5.41, 5.74) is 0.474. The molecule has 1 saturated heterocycles. The SMILES string of the molecule is CC(NC(=O)c1ccc(Cl)c(Br)c1)C(=O)N1CCCC1. The lowest BCUT2D eigenvalue weighted by Gasteiger charge is -2.21. The lowest BCUT2D eigenvalue weighted by atomic mass is 10.2. The third-order valence-electron chi connectivity index (χ3n) is 3.32. The molecule has 2 amide bonds. The van der Waals surface area contributed by atoms with Crippen LogP contribution in [-0.4, -0.2) is 35.8 Å². The van der Waals surface area contributed by atoms with Gasteiger partial charge < -0.3 is 10.2 Å². The number of benzene rings is 1. The van der Waals surface area contributed by atoms with Crippen LogP contribution >= 0.6 is 27.5 Å². The quantitative estimate of drug-likeness (QED) is 0.902. The zero-order valence-electron chi connectivity index (χ0n) is 11.2. The highest BCUT2D eigenvalue weighted by Crippen LogP contribution is 2.23. The van der Waals surface area contributed by atoms with Crippen LogP contribution in [0.5, 0.6) is 0 Å². The Kier molecular flexibility index (Phi) is 5.05. The number of carbonyl (C=O) groups is 2. The minimum Gasteiger partial charge on any atom is -0.341 e. The fourth-order valence-corrected chi connectivity index (χ4v) is 2.69. The van der Waals surface area contributed by atoms with Crippen molar-refractivity contribution >= 4 is 39.3 Å². The van der Waals surface area contributed by atoms with E-state index in [2.05, 4.69) is 21.2 Å². The lowest BCUT2D eigenvalue weighted by Crippen LogP contribution is -2.45. The van der Waals surface area contributed by atoms with Crippen molar-refractivity contribution in [3.63, 3.8) is 0 Å². The summed E-state index contributed by atoms with van der Waals surface area (Å²) < 4.78 is 0.658. The molecule has 1 heterocycles. The van der Waals surface area contributed by atoms with Crippen molar-refractivity contribution in [2.24, 2.45) is 0 Å². The van der Waals surface area contributed by atoms with Crippen molar-refractivity contribution in [1.29, 1.82) is 0 Å². The first-order valence-electron chi connectivity index (χ1n) is 6.54. The molecule has 1 aromatic carbocycles. The van der Waals surface area contributed by atoms with E-state index in [0.29, 0.717) is 15.1 Å². The molecule has 1 aliphatic rings. The number of nitrogens with one attached hydrogen (secondary N) is 1. The summed E-state index contributed by atoms with van der Waals surface area (Å²) in [6.45, 7) is 3.28. The second-order valence-corrected chi connectivity index (χ2v) is 6.12. The molecule has 1 aliphatic heterocycles. The number of nitrogens with zero attached hydrogens (tertiary/aromatic N) is 1. The molecule has 1 aromatic rings.